The number of nitrogens with one attached hydrogen (secondary N) is 1. The molecule has 2 amide bonds. The van der Waals surface area contributed by atoms with Crippen molar-refractivity contribution in [1.82, 2.24) is 20.0 Å². The van der Waals surface area contributed by atoms with E-state index in [0.29, 0.717) is 13.1 Å². The summed E-state index contributed by atoms with van der Waals surface area (Å²) in [6, 6.07) is 9.87. The van der Waals surface area contributed by atoms with Gasteiger partial charge in [0.25, 0.3) is 0 Å². The van der Waals surface area contributed by atoms with Crippen molar-refractivity contribution in [2.45, 2.75) is 31.8 Å². The van der Waals surface area contributed by atoms with Gasteiger partial charge in [-0.3, -0.25) is 14.5 Å². The minimum Gasteiger partial charge on any atom is -0.339 e. The summed E-state index contributed by atoms with van der Waals surface area (Å²) in [4.78, 5) is 31.6. The van der Waals surface area contributed by atoms with Crippen LogP contribution in [0.15, 0.2) is 30.3 Å². The van der Waals surface area contributed by atoms with Gasteiger partial charge in [-0.2, -0.15) is 0 Å². The van der Waals surface area contributed by atoms with Crippen LogP contribution in [0.3, 0.4) is 0 Å². The predicted octanol–water partition coefficient (Wildman–Crippen LogP) is 1.10. The quantitative estimate of drug-likeness (QED) is 0.857. The second kappa shape index (κ2) is 8.64. The Morgan fingerprint density at radius 2 is 2.08 bits per heavy atom. The Morgan fingerprint density at radius 3 is 2.77 bits per heavy atom. The van der Waals surface area contributed by atoms with Gasteiger partial charge < -0.3 is 15.1 Å². The summed E-state index contributed by atoms with van der Waals surface area (Å²) in [7, 11) is 2.00. The zero-order valence-corrected chi connectivity index (χ0v) is 15.9. The molecule has 26 heavy (non-hydrogen) atoms. The summed E-state index contributed by atoms with van der Waals surface area (Å²) < 4.78 is 0. The van der Waals surface area contributed by atoms with Crippen LogP contribution in [0, 0.1) is 0 Å². The zero-order chi connectivity index (χ0) is 18.5. The van der Waals surface area contributed by atoms with E-state index < -0.39 is 0 Å². The average Bonchev–Trinajstić information content (AvgIpc) is 2.69. The molecule has 2 heterocycles. The van der Waals surface area contributed by atoms with Crippen LogP contribution < -0.4 is 5.32 Å². The number of nitrogens with zero attached hydrogens (tertiary/aromatic N) is 3. The molecule has 6 heteroatoms. The summed E-state index contributed by atoms with van der Waals surface area (Å²) in [5, 5.41) is 3.12. The summed E-state index contributed by atoms with van der Waals surface area (Å²) in [5.74, 6) is 0.300. The van der Waals surface area contributed by atoms with E-state index in [2.05, 4.69) is 17.1 Å². The Kier molecular flexibility index (Phi) is 6.27. The van der Waals surface area contributed by atoms with Gasteiger partial charge in [0.1, 0.15) is 6.04 Å². The van der Waals surface area contributed by atoms with E-state index in [-0.39, 0.29) is 23.9 Å². The average molecular weight is 358 g/mol. The molecule has 2 aliphatic heterocycles. The lowest BCUT2D eigenvalue weighted by molar-refractivity contribution is -0.143. The van der Waals surface area contributed by atoms with Crippen LogP contribution in [-0.4, -0.2) is 78.9 Å². The van der Waals surface area contributed by atoms with Crippen molar-refractivity contribution in [2.24, 2.45) is 0 Å². The van der Waals surface area contributed by atoms with Crippen LogP contribution in [0.4, 0.5) is 0 Å². The van der Waals surface area contributed by atoms with Gasteiger partial charge in [0, 0.05) is 32.2 Å². The molecular weight excluding hydrogens is 328 g/mol. The molecular formula is C20H30N4O2. The van der Waals surface area contributed by atoms with Crippen molar-refractivity contribution < 1.29 is 9.59 Å². The number of likely N-dealkylation sites (tertiary alicyclic amines) is 1. The Bertz CT molecular complexity index is 621. The molecule has 2 atom stereocenters. The van der Waals surface area contributed by atoms with Crippen LogP contribution in [0.2, 0.25) is 0 Å². The number of piperazine rings is 1. The van der Waals surface area contributed by atoms with Gasteiger partial charge in [-0.25, -0.2) is 0 Å². The fourth-order valence-corrected chi connectivity index (χ4v) is 3.99. The van der Waals surface area contributed by atoms with E-state index >= 15 is 0 Å². The minimum atomic E-state index is -0.265. The van der Waals surface area contributed by atoms with Gasteiger partial charge in [-0.1, -0.05) is 37.3 Å². The number of benzene rings is 1. The van der Waals surface area contributed by atoms with Gasteiger partial charge in [-0.05, 0) is 32.0 Å². The fourth-order valence-electron chi connectivity index (χ4n) is 3.99. The molecule has 3 rings (SSSR count). The minimum absolute atomic E-state index is 0.144. The van der Waals surface area contributed by atoms with E-state index in [9.17, 15) is 9.59 Å². The Balaban J connectivity index is 1.75. The van der Waals surface area contributed by atoms with Gasteiger partial charge in [0.2, 0.25) is 11.8 Å². The summed E-state index contributed by atoms with van der Waals surface area (Å²) in [6.07, 6.45) is 1.93. The SMILES string of the molecule is CCN(C)C(C(=O)N1CCCC(N2CCNCC2=O)C1)c1ccccc1. The third-order valence-electron chi connectivity index (χ3n) is 5.56. The molecule has 6 nitrogen and oxygen atoms in total. The molecule has 142 valence electrons. The number of hydrogen-bond donors (Lipinski definition) is 1. The molecule has 2 saturated heterocycles. The molecule has 0 saturated carbocycles. The van der Waals surface area contributed by atoms with Crippen LogP contribution >= 0.6 is 0 Å². The van der Waals surface area contributed by atoms with Crippen molar-refractivity contribution in [1.29, 1.82) is 0 Å². The first kappa shape index (κ1) is 18.9. The van der Waals surface area contributed by atoms with Gasteiger partial charge in [0.15, 0.2) is 0 Å². The number of carbonyl (C=O) groups excluding carboxylic acids is 2. The van der Waals surface area contributed by atoms with Crippen LogP contribution in [-0.2, 0) is 9.59 Å². The number of rotatable bonds is 5. The third kappa shape index (κ3) is 4.07. The van der Waals surface area contributed by atoms with Gasteiger partial charge in [-0.15, -0.1) is 0 Å². The van der Waals surface area contributed by atoms with Gasteiger partial charge in [0.05, 0.1) is 6.54 Å². The highest BCUT2D eigenvalue weighted by Gasteiger charge is 2.35. The molecule has 2 fully saturated rings. The number of piperidine rings is 1. The molecule has 1 aromatic carbocycles. The second-order valence-electron chi connectivity index (χ2n) is 7.23. The molecule has 0 aliphatic carbocycles. The third-order valence-corrected chi connectivity index (χ3v) is 5.56. The van der Waals surface area contributed by atoms with Crippen molar-refractivity contribution in [2.75, 3.05) is 46.3 Å². The second-order valence-corrected chi connectivity index (χ2v) is 7.23. The number of likely N-dealkylation sites (N-methyl/N-ethyl adjacent to an activating group) is 1. The van der Waals surface area contributed by atoms with Crippen molar-refractivity contribution in [3.05, 3.63) is 35.9 Å². The first-order valence-electron chi connectivity index (χ1n) is 9.66. The monoisotopic (exact) mass is 358 g/mol. The highest BCUT2D eigenvalue weighted by molar-refractivity contribution is 5.84. The maximum absolute atomic E-state index is 13.4. The van der Waals surface area contributed by atoms with Crippen molar-refractivity contribution >= 4 is 11.8 Å². The van der Waals surface area contributed by atoms with E-state index in [1.807, 2.05) is 47.2 Å². The Hall–Kier alpha value is -1.92. The molecule has 0 spiro atoms. The smallest absolute Gasteiger partial charge is 0.244 e. The van der Waals surface area contributed by atoms with Crippen molar-refractivity contribution in [3.8, 4) is 0 Å². The normalized spacial score (nSPS) is 22.6. The highest BCUT2D eigenvalue weighted by atomic mass is 16.2. The number of carbonyl (C=O) groups is 2. The lowest BCUT2D eigenvalue weighted by Crippen LogP contribution is -2.58. The number of hydrogen-bond acceptors (Lipinski definition) is 4. The maximum Gasteiger partial charge on any atom is 0.244 e. The molecule has 2 aliphatic rings. The first-order chi connectivity index (χ1) is 12.6. The van der Waals surface area contributed by atoms with Crippen LogP contribution in [0.1, 0.15) is 31.4 Å². The van der Waals surface area contributed by atoms with Crippen molar-refractivity contribution in [3.63, 3.8) is 0 Å². The number of amides is 2. The topological polar surface area (TPSA) is 55.9 Å². The van der Waals surface area contributed by atoms with E-state index in [4.69, 9.17) is 0 Å². The summed E-state index contributed by atoms with van der Waals surface area (Å²) in [6.45, 7) is 6.28. The zero-order valence-electron chi connectivity index (χ0n) is 15.9. The molecule has 2 unspecified atom stereocenters. The lowest BCUT2D eigenvalue weighted by Gasteiger charge is -2.42. The molecule has 1 N–H and O–H groups in total. The summed E-state index contributed by atoms with van der Waals surface area (Å²) in [5.41, 5.74) is 1.03. The molecule has 0 aromatic heterocycles. The molecule has 1 aromatic rings. The van der Waals surface area contributed by atoms with Crippen LogP contribution in [0.25, 0.3) is 0 Å². The van der Waals surface area contributed by atoms with Crippen LogP contribution in [0.5, 0.6) is 0 Å². The first-order valence-corrected chi connectivity index (χ1v) is 9.66. The molecule has 0 radical (unpaired) electrons. The van der Waals surface area contributed by atoms with Gasteiger partial charge >= 0.3 is 0 Å². The van der Waals surface area contributed by atoms with E-state index in [1.165, 1.54) is 0 Å². The maximum atomic E-state index is 13.4. The Labute approximate surface area is 156 Å². The molecule has 0 bridgehead atoms. The fraction of sp³-hybridized carbons (Fsp3) is 0.600. The van der Waals surface area contributed by atoms with E-state index in [0.717, 1.165) is 44.6 Å². The standard InChI is InChI=1S/C20H30N4O2/c1-3-22(2)19(16-8-5-4-6-9-16)20(26)23-12-7-10-17(15-23)24-13-11-21-14-18(24)25/h4-6,8-9,17,19,21H,3,7,10-15H2,1-2H3. The largest absolute Gasteiger partial charge is 0.339 e. The van der Waals surface area contributed by atoms with E-state index in [1.54, 1.807) is 0 Å². The summed E-state index contributed by atoms with van der Waals surface area (Å²) >= 11 is 0. The predicted molar refractivity (Wildman–Crippen MR) is 102 cm³/mol. The highest BCUT2D eigenvalue weighted by Crippen LogP contribution is 2.25. The lowest BCUT2D eigenvalue weighted by atomic mass is 9.99. The Morgan fingerprint density at radius 1 is 1.31 bits per heavy atom.